The molecule has 0 spiro atoms. The standard InChI is InChI=1S/C54H31N7/c55-32-36-31-35(51-44(33-56)50(34-15-3-1-4-16-34)57-54(58-51)61-48-25-13-7-19-38(48)39-20-8-14-26-49(39)61)27-30-45(36)60-47-24-12-10-22-41(47)43-29-28-42-40-21-9-11-23-46(40)59(52(42)53(43)60)37-17-5-2-6-18-37/h1-31H. The zero-order valence-corrected chi connectivity index (χ0v) is 32.5. The highest BCUT2D eigenvalue weighted by molar-refractivity contribution is 6.24. The second-order valence-corrected chi connectivity index (χ2v) is 15.2. The molecule has 4 aromatic heterocycles. The van der Waals surface area contributed by atoms with E-state index >= 15 is 0 Å². The summed E-state index contributed by atoms with van der Waals surface area (Å²) in [5, 5.41) is 28.7. The van der Waals surface area contributed by atoms with E-state index in [1.165, 1.54) is 0 Å². The van der Waals surface area contributed by atoms with Gasteiger partial charge in [-0.05, 0) is 48.5 Å². The first kappa shape index (κ1) is 34.3. The van der Waals surface area contributed by atoms with Gasteiger partial charge in [0.1, 0.15) is 17.7 Å². The molecule has 7 heteroatoms. The molecule has 7 nitrogen and oxygen atoms in total. The zero-order chi connectivity index (χ0) is 40.6. The first-order valence-corrected chi connectivity index (χ1v) is 20.1. The van der Waals surface area contributed by atoms with Crippen LogP contribution in [0.1, 0.15) is 11.1 Å². The van der Waals surface area contributed by atoms with Gasteiger partial charge in [-0.1, -0.05) is 140 Å². The van der Waals surface area contributed by atoms with Crippen LogP contribution in [0.25, 0.3) is 105 Å². The Morgan fingerprint density at radius 1 is 0.377 bits per heavy atom. The lowest BCUT2D eigenvalue weighted by Gasteiger charge is -2.16. The SMILES string of the molecule is N#Cc1cc(-c2nc(-n3c4ccccc4c4ccccc43)nc(-c3ccccc3)c2C#N)ccc1-n1c2ccccc2c2ccc3c4ccccc4n(-c4ccccc4)c3c21. The van der Waals surface area contributed by atoms with Crippen molar-refractivity contribution in [1.29, 1.82) is 10.5 Å². The molecular weight excluding hydrogens is 747 g/mol. The van der Waals surface area contributed by atoms with Gasteiger partial charge in [-0.25, -0.2) is 9.97 Å². The van der Waals surface area contributed by atoms with Crippen LogP contribution in [0.5, 0.6) is 0 Å². The van der Waals surface area contributed by atoms with Crippen molar-refractivity contribution in [2.45, 2.75) is 0 Å². The Hall–Kier alpha value is -8.78. The number of aromatic nitrogens is 5. The van der Waals surface area contributed by atoms with Crippen LogP contribution in [0.15, 0.2) is 188 Å². The number of nitriles is 2. The lowest BCUT2D eigenvalue weighted by Crippen LogP contribution is -2.07. The molecule has 0 fully saturated rings. The average molecular weight is 778 g/mol. The van der Waals surface area contributed by atoms with Crippen molar-refractivity contribution in [3.8, 4) is 52.0 Å². The maximum Gasteiger partial charge on any atom is 0.235 e. The van der Waals surface area contributed by atoms with Gasteiger partial charge >= 0.3 is 0 Å². The Kier molecular flexibility index (Phi) is 7.52. The summed E-state index contributed by atoms with van der Waals surface area (Å²) in [6.45, 7) is 0. The molecule has 0 aliphatic rings. The van der Waals surface area contributed by atoms with Crippen molar-refractivity contribution >= 4 is 65.4 Å². The van der Waals surface area contributed by atoms with Gasteiger partial charge in [0.05, 0.1) is 55.7 Å². The highest BCUT2D eigenvalue weighted by Crippen LogP contribution is 2.43. The molecule has 0 saturated heterocycles. The van der Waals surface area contributed by atoms with Crippen LogP contribution in [0.2, 0.25) is 0 Å². The molecule has 4 heterocycles. The summed E-state index contributed by atoms with van der Waals surface area (Å²) < 4.78 is 6.64. The number of nitrogens with zero attached hydrogens (tertiary/aromatic N) is 7. The van der Waals surface area contributed by atoms with E-state index in [2.05, 4.69) is 129 Å². The molecule has 0 N–H and O–H groups in total. The number of benzene rings is 8. The van der Waals surface area contributed by atoms with Crippen molar-refractivity contribution in [2.75, 3.05) is 0 Å². The Balaban J connectivity index is 1.15. The Morgan fingerprint density at radius 3 is 1.39 bits per heavy atom. The summed E-state index contributed by atoms with van der Waals surface area (Å²) in [5.74, 6) is 0.436. The second kappa shape index (κ2) is 13.4. The number of rotatable bonds is 5. The first-order valence-electron chi connectivity index (χ1n) is 20.1. The summed E-state index contributed by atoms with van der Waals surface area (Å²) in [6, 6.07) is 68.9. The molecule has 0 aliphatic heterocycles. The highest BCUT2D eigenvalue weighted by atomic mass is 15.2. The highest BCUT2D eigenvalue weighted by Gasteiger charge is 2.25. The van der Waals surface area contributed by atoms with E-state index in [4.69, 9.17) is 9.97 Å². The van der Waals surface area contributed by atoms with Crippen molar-refractivity contribution in [2.24, 2.45) is 0 Å². The van der Waals surface area contributed by atoms with E-state index in [1.807, 2.05) is 84.9 Å². The van der Waals surface area contributed by atoms with Crippen molar-refractivity contribution in [3.05, 3.63) is 199 Å². The fourth-order valence-electron chi connectivity index (χ4n) is 9.37. The van der Waals surface area contributed by atoms with E-state index in [9.17, 15) is 10.5 Å². The molecule has 0 radical (unpaired) electrons. The van der Waals surface area contributed by atoms with Crippen LogP contribution in [-0.2, 0) is 0 Å². The van der Waals surface area contributed by atoms with Crippen LogP contribution < -0.4 is 0 Å². The minimum absolute atomic E-state index is 0.332. The molecule has 61 heavy (non-hydrogen) atoms. The first-order chi connectivity index (χ1) is 30.2. The molecule has 0 unspecified atom stereocenters. The lowest BCUT2D eigenvalue weighted by molar-refractivity contribution is 0.991. The van der Waals surface area contributed by atoms with Gasteiger partial charge in [-0.3, -0.25) is 4.57 Å². The average Bonchev–Trinajstić information content (AvgIpc) is 3.97. The van der Waals surface area contributed by atoms with Gasteiger partial charge < -0.3 is 9.13 Å². The molecule has 282 valence electrons. The van der Waals surface area contributed by atoms with Crippen LogP contribution in [-0.4, -0.2) is 23.7 Å². The quantitative estimate of drug-likeness (QED) is 0.174. The van der Waals surface area contributed by atoms with Crippen LogP contribution in [0.3, 0.4) is 0 Å². The number of hydrogen-bond donors (Lipinski definition) is 0. The van der Waals surface area contributed by atoms with Gasteiger partial charge in [0, 0.05) is 49.1 Å². The maximum absolute atomic E-state index is 11.1. The molecule has 8 aromatic carbocycles. The van der Waals surface area contributed by atoms with Gasteiger partial charge in [-0.2, -0.15) is 10.5 Å². The summed E-state index contributed by atoms with van der Waals surface area (Å²) in [4.78, 5) is 10.4. The summed E-state index contributed by atoms with van der Waals surface area (Å²) in [6.07, 6.45) is 0. The molecule has 0 aliphatic carbocycles. The van der Waals surface area contributed by atoms with E-state index < -0.39 is 0 Å². The van der Waals surface area contributed by atoms with Crippen LogP contribution in [0.4, 0.5) is 0 Å². The third kappa shape index (κ3) is 5.02. The Labute approximate surface area is 349 Å². The van der Waals surface area contributed by atoms with E-state index in [0.29, 0.717) is 34.0 Å². The molecule has 0 amide bonds. The van der Waals surface area contributed by atoms with Gasteiger partial charge in [0.2, 0.25) is 5.95 Å². The zero-order valence-electron chi connectivity index (χ0n) is 32.5. The molecule has 0 saturated carbocycles. The largest absolute Gasteiger partial charge is 0.307 e. The Morgan fingerprint density at radius 2 is 0.836 bits per heavy atom. The topological polar surface area (TPSA) is 88.2 Å². The predicted octanol–water partition coefficient (Wildman–Crippen LogP) is 12.8. The van der Waals surface area contributed by atoms with E-state index in [0.717, 1.165) is 82.4 Å². The third-order valence-corrected chi connectivity index (χ3v) is 12.0. The molecule has 0 atom stereocenters. The smallest absolute Gasteiger partial charge is 0.235 e. The minimum atomic E-state index is 0.332. The third-order valence-electron chi connectivity index (χ3n) is 12.0. The lowest BCUT2D eigenvalue weighted by atomic mass is 9.99. The van der Waals surface area contributed by atoms with Gasteiger partial charge in [0.15, 0.2) is 0 Å². The van der Waals surface area contributed by atoms with Crippen molar-refractivity contribution < 1.29 is 0 Å². The van der Waals surface area contributed by atoms with Crippen LogP contribution in [0, 0.1) is 22.7 Å². The normalized spacial score (nSPS) is 11.6. The summed E-state index contributed by atoms with van der Waals surface area (Å²) in [5.41, 5.74) is 11.0. The number of hydrogen-bond acceptors (Lipinski definition) is 4. The molecule has 0 bridgehead atoms. The number of fused-ring (bicyclic) bond motifs is 10. The van der Waals surface area contributed by atoms with Crippen molar-refractivity contribution in [3.63, 3.8) is 0 Å². The molecular formula is C54H31N7. The minimum Gasteiger partial charge on any atom is -0.307 e. The second-order valence-electron chi connectivity index (χ2n) is 15.2. The summed E-state index contributed by atoms with van der Waals surface area (Å²) >= 11 is 0. The summed E-state index contributed by atoms with van der Waals surface area (Å²) in [7, 11) is 0. The van der Waals surface area contributed by atoms with Gasteiger partial charge in [-0.15, -0.1) is 0 Å². The van der Waals surface area contributed by atoms with Gasteiger partial charge in [0.25, 0.3) is 0 Å². The number of para-hydroxylation sites is 5. The fraction of sp³-hybridized carbons (Fsp3) is 0. The fourth-order valence-corrected chi connectivity index (χ4v) is 9.37. The van der Waals surface area contributed by atoms with E-state index in [1.54, 1.807) is 0 Å². The van der Waals surface area contributed by atoms with E-state index in [-0.39, 0.29) is 0 Å². The monoisotopic (exact) mass is 777 g/mol. The predicted molar refractivity (Wildman–Crippen MR) is 245 cm³/mol. The molecule has 12 rings (SSSR count). The Bertz CT molecular complexity index is 3790. The van der Waals surface area contributed by atoms with Crippen LogP contribution >= 0.6 is 0 Å². The van der Waals surface area contributed by atoms with Crippen molar-refractivity contribution in [1.82, 2.24) is 23.7 Å². The maximum atomic E-state index is 11.1. The molecule has 12 aromatic rings.